The van der Waals surface area contributed by atoms with Gasteiger partial charge in [0.1, 0.15) is 0 Å². The van der Waals surface area contributed by atoms with Gasteiger partial charge in [0.25, 0.3) is 0 Å². The fourth-order valence-electron chi connectivity index (χ4n) is 1.69. The monoisotopic (exact) mass is 229 g/mol. The lowest BCUT2D eigenvalue weighted by Crippen LogP contribution is -2.06. The fourth-order valence-corrected chi connectivity index (χ4v) is 1.69. The van der Waals surface area contributed by atoms with Crippen molar-refractivity contribution in [3.63, 3.8) is 0 Å². The van der Waals surface area contributed by atoms with Gasteiger partial charge in [0, 0.05) is 0 Å². The van der Waals surface area contributed by atoms with Gasteiger partial charge in [-0.05, 0) is 17.5 Å². The highest BCUT2D eigenvalue weighted by Crippen LogP contribution is 2.37. The van der Waals surface area contributed by atoms with Gasteiger partial charge < -0.3 is 4.52 Å². The Bertz CT molecular complexity index is 513. The summed E-state index contributed by atoms with van der Waals surface area (Å²) in [6.45, 7) is 3.67. The molecule has 0 bridgehead atoms. The van der Waals surface area contributed by atoms with Crippen LogP contribution in [0.4, 0.5) is 13.2 Å². The van der Waals surface area contributed by atoms with Crippen LogP contribution in [0.3, 0.4) is 0 Å². The molecule has 0 atom stereocenters. The van der Waals surface area contributed by atoms with E-state index in [9.17, 15) is 13.2 Å². The molecule has 0 aliphatic heterocycles. The maximum Gasteiger partial charge on any atom is 0.437 e. The summed E-state index contributed by atoms with van der Waals surface area (Å²) in [6, 6.07) is 4.83. The summed E-state index contributed by atoms with van der Waals surface area (Å²) in [4.78, 5) is 0. The van der Waals surface area contributed by atoms with E-state index in [1.165, 1.54) is 6.07 Å². The van der Waals surface area contributed by atoms with Gasteiger partial charge in [0.15, 0.2) is 11.3 Å². The van der Waals surface area contributed by atoms with Crippen molar-refractivity contribution in [3.8, 4) is 0 Å². The van der Waals surface area contributed by atoms with Gasteiger partial charge in [-0.15, -0.1) is 0 Å². The molecule has 5 heteroatoms. The van der Waals surface area contributed by atoms with Crippen molar-refractivity contribution in [2.45, 2.75) is 25.9 Å². The van der Waals surface area contributed by atoms with E-state index in [2.05, 4.69) is 5.16 Å². The maximum atomic E-state index is 12.7. The Balaban J connectivity index is 2.78. The van der Waals surface area contributed by atoms with Gasteiger partial charge in [-0.2, -0.15) is 13.2 Å². The van der Waals surface area contributed by atoms with Crippen LogP contribution in [0.25, 0.3) is 11.0 Å². The van der Waals surface area contributed by atoms with Crippen LogP contribution in [0.15, 0.2) is 22.7 Å². The maximum absolute atomic E-state index is 12.7. The molecule has 0 N–H and O–H groups in total. The van der Waals surface area contributed by atoms with E-state index in [0.717, 1.165) is 0 Å². The van der Waals surface area contributed by atoms with E-state index in [4.69, 9.17) is 4.52 Å². The van der Waals surface area contributed by atoms with Crippen LogP contribution < -0.4 is 0 Å². The normalized spacial score (nSPS) is 12.6. The van der Waals surface area contributed by atoms with Crippen LogP contribution in [0, 0.1) is 0 Å². The molecule has 0 aliphatic rings. The molecular weight excluding hydrogens is 219 g/mol. The third kappa shape index (κ3) is 1.66. The molecule has 0 spiro atoms. The van der Waals surface area contributed by atoms with Crippen LogP contribution >= 0.6 is 0 Å². The largest absolute Gasteiger partial charge is 0.437 e. The Hall–Kier alpha value is -1.52. The van der Waals surface area contributed by atoms with Gasteiger partial charge in [0.2, 0.25) is 0 Å². The average molecular weight is 229 g/mol. The first-order valence-corrected chi connectivity index (χ1v) is 4.86. The average Bonchev–Trinajstić information content (AvgIpc) is 2.59. The standard InChI is InChI=1S/C11H10F3NO/c1-6(2)7-4-3-5-8-9(7)10(15-16-8)11(12,13)14/h3-6H,1-2H3. The Kier molecular flexibility index (Phi) is 2.40. The minimum Gasteiger partial charge on any atom is -0.356 e. The van der Waals surface area contributed by atoms with Crippen molar-refractivity contribution in [2.24, 2.45) is 0 Å². The molecule has 2 rings (SSSR count). The molecule has 0 unspecified atom stereocenters. The van der Waals surface area contributed by atoms with E-state index in [1.54, 1.807) is 12.1 Å². The second-order valence-corrected chi connectivity index (χ2v) is 3.90. The molecule has 1 aromatic heterocycles. The molecule has 1 aromatic carbocycles. The van der Waals surface area contributed by atoms with Crippen LogP contribution in [0.1, 0.15) is 31.0 Å². The summed E-state index contributed by atoms with van der Waals surface area (Å²) >= 11 is 0. The van der Waals surface area contributed by atoms with E-state index in [0.29, 0.717) is 5.56 Å². The van der Waals surface area contributed by atoms with Crippen molar-refractivity contribution in [3.05, 3.63) is 29.5 Å². The predicted octanol–water partition coefficient (Wildman–Crippen LogP) is 3.97. The first-order valence-electron chi connectivity index (χ1n) is 4.86. The van der Waals surface area contributed by atoms with Gasteiger partial charge in [-0.1, -0.05) is 31.1 Å². The number of nitrogens with zero attached hydrogens (tertiary/aromatic N) is 1. The molecule has 86 valence electrons. The number of alkyl halides is 3. The first-order chi connectivity index (χ1) is 7.41. The smallest absolute Gasteiger partial charge is 0.356 e. The number of benzene rings is 1. The first kappa shape index (κ1) is 11.0. The highest BCUT2D eigenvalue weighted by molar-refractivity contribution is 5.84. The lowest BCUT2D eigenvalue weighted by atomic mass is 9.98. The summed E-state index contributed by atoms with van der Waals surface area (Å²) in [6.07, 6.45) is -4.48. The lowest BCUT2D eigenvalue weighted by Gasteiger charge is -2.08. The number of hydrogen-bond acceptors (Lipinski definition) is 2. The quantitative estimate of drug-likeness (QED) is 0.739. The summed E-state index contributed by atoms with van der Waals surface area (Å²) < 4.78 is 42.7. The number of hydrogen-bond donors (Lipinski definition) is 0. The molecule has 0 amide bonds. The van der Waals surface area contributed by atoms with E-state index in [1.807, 2.05) is 13.8 Å². The van der Waals surface area contributed by atoms with Gasteiger partial charge in [-0.25, -0.2) is 0 Å². The number of aromatic nitrogens is 1. The van der Waals surface area contributed by atoms with Crippen molar-refractivity contribution in [1.82, 2.24) is 5.16 Å². The van der Waals surface area contributed by atoms with Crippen molar-refractivity contribution < 1.29 is 17.7 Å². The summed E-state index contributed by atoms with van der Waals surface area (Å²) in [5.41, 5.74) is -0.156. The molecule has 0 saturated carbocycles. The molecule has 2 aromatic rings. The van der Waals surface area contributed by atoms with Crippen LogP contribution in [-0.4, -0.2) is 5.16 Å². The molecule has 2 nitrogen and oxygen atoms in total. The SMILES string of the molecule is CC(C)c1cccc2onc(C(F)(F)F)c12. The Labute approximate surface area is 90.0 Å². The van der Waals surface area contributed by atoms with E-state index >= 15 is 0 Å². The van der Waals surface area contributed by atoms with Gasteiger partial charge >= 0.3 is 6.18 Å². The molecular formula is C11H10F3NO. The Morgan fingerprint density at radius 3 is 2.50 bits per heavy atom. The number of rotatable bonds is 1. The van der Waals surface area contributed by atoms with Crippen molar-refractivity contribution in [1.29, 1.82) is 0 Å². The predicted molar refractivity (Wildman–Crippen MR) is 53.1 cm³/mol. The van der Waals surface area contributed by atoms with Crippen LogP contribution in [0.2, 0.25) is 0 Å². The Morgan fingerprint density at radius 2 is 1.94 bits per heavy atom. The minimum absolute atomic E-state index is 0.0100. The summed E-state index contributed by atoms with van der Waals surface area (Å²) in [5.74, 6) is -0.0100. The zero-order valence-corrected chi connectivity index (χ0v) is 8.80. The number of fused-ring (bicyclic) bond motifs is 1. The third-order valence-corrected chi connectivity index (χ3v) is 2.42. The zero-order chi connectivity index (χ0) is 11.9. The fraction of sp³-hybridized carbons (Fsp3) is 0.364. The molecule has 0 aliphatic carbocycles. The Morgan fingerprint density at radius 1 is 1.25 bits per heavy atom. The molecule has 1 heterocycles. The summed E-state index contributed by atoms with van der Waals surface area (Å²) in [7, 11) is 0. The highest BCUT2D eigenvalue weighted by atomic mass is 19.4. The highest BCUT2D eigenvalue weighted by Gasteiger charge is 2.38. The van der Waals surface area contributed by atoms with Gasteiger partial charge in [-0.3, -0.25) is 0 Å². The zero-order valence-electron chi connectivity index (χ0n) is 8.80. The van der Waals surface area contributed by atoms with Crippen LogP contribution in [0.5, 0.6) is 0 Å². The van der Waals surface area contributed by atoms with Gasteiger partial charge in [0.05, 0.1) is 5.39 Å². The minimum atomic E-state index is -4.48. The van der Waals surface area contributed by atoms with E-state index < -0.39 is 11.9 Å². The number of halogens is 3. The molecule has 0 fully saturated rings. The molecule has 0 saturated heterocycles. The van der Waals surface area contributed by atoms with Crippen molar-refractivity contribution in [2.75, 3.05) is 0 Å². The molecule has 16 heavy (non-hydrogen) atoms. The second-order valence-electron chi connectivity index (χ2n) is 3.90. The summed E-state index contributed by atoms with van der Waals surface area (Å²) in [5, 5.41) is 3.18. The lowest BCUT2D eigenvalue weighted by molar-refractivity contribution is -0.141. The topological polar surface area (TPSA) is 26.0 Å². The van der Waals surface area contributed by atoms with Crippen molar-refractivity contribution >= 4 is 11.0 Å². The molecule has 0 radical (unpaired) electrons. The third-order valence-electron chi connectivity index (χ3n) is 2.42. The van der Waals surface area contributed by atoms with Crippen LogP contribution in [-0.2, 0) is 6.18 Å². The van der Waals surface area contributed by atoms with E-state index in [-0.39, 0.29) is 16.9 Å². The second kappa shape index (κ2) is 3.50.